The maximum atomic E-state index is 12.8. The summed E-state index contributed by atoms with van der Waals surface area (Å²) in [7, 11) is 0. The van der Waals surface area contributed by atoms with Gasteiger partial charge in [0.05, 0.1) is 0 Å². The molecule has 0 saturated heterocycles. The van der Waals surface area contributed by atoms with Crippen LogP contribution >= 0.6 is 12.6 Å². The minimum absolute atomic E-state index is 0.266. The Hall–Kier alpha value is -1.19. The van der Waals surface area contributed by atoms with Gasteiger partial charge >= 0.3 is 12.2 Å². The summed E-state index contributed by atoms with van der Waals surface area (Å²) in [5, 5.41) is 6.87. The summed E-state index contributed by atoms with van der Waals surface area (Å²) >= 11 is 3.53. The third-order valence-electron chi connectivity index (χ3n) is 5.39. The Morgan fingerprint density at radius 3 is 1.16 bits per heavy atom. The molecule has 38 heavy (non-hydrogen) atoms. The molecular weight excluding hydrogens is 500 g/mol. The summed E-state index contributed by atoms with van der Waals surface area (Å²) in [4.78, 5) is 29.1. The van der Waals surface area contributed by atoms with Gasteiger partial charge in [-0.2, -0.15) is 12.6 Å². The van der Waals surface area contributed by atoms with Crippen LogP contribution in [-0.2, 0) is 9.47 Å². The molecule has 0 unspecified atom stereocenters. The third-order valence-corrected chi connectivity index (χ3v) is 5.39. The molecule has 0 fully saturated rings. The lowest BCUT2D eigenvalue weighted by Gasteiger charge is -2.29. The minimum atomic E-state index is -0.520. The van der Waals surface area contributed by atoms with Gasteiger partial charge in [0, 0.05) is 26.2 Å². The number of rotatable bonds is 19. The van der Waals surface area contributed by atoms with Crippen molar-refractivity contribution in [3.63, 3.8) is 0 Å². The van der Waals surface area contributed by atoms with Crippen LogP contribution in [0.3, 0.4) is 0 Å². The molecule has 0 aliphatic carbocycles. The van der Waals surface area contributed by atoms with E-state index in [0.29, 0.717) is 26.2 Å². The normalized spacial score (nSPS) is 11.4. The predicted octanol–water partition coefficient (Wildman–Crippen LogP) is 6.35. The topological polar surface area (TPSA) is 83.1 Å². The first kappa shape index (κ1) is 39.0. The Morgan fingerprint density at radius 2 is 0.868 bits per heavy atom. The van der Waals surface area contributed by atoms with Gasteiger partial charge in [0.1, 0.15) is 11.2 Å². The number of nitrogens with zero attached hydrogens (tertiary/aromatic N) is 2. The molecule has 0 saturated carbocycles. The second-order valence-corrected chi connectivity index (χ2v) is 11.6. The van der Waals surface area contributed by atoms with Crippen LogP contribution < -0.4 is 10.6 Å². The van der Waals surface area contributed by atoms with Crippen LogP contribution in [0.2, 0.25) is 0 Å². The molecule has 9 heteroatoms. The van der Waals surface area contributed by atoms with Crippen LogP contribution in [0.25, 0.3) is 0 Å². The third kappa shape index (κ3) is 25.1. The Bertz CT molecular complexity index is 530. The van der Waals surface area contributed by atoms with E-state index < -0.39 is 11.2 Å². The van der Waals surface area contributed by atoms with Crippen molar-refractivity contribution in [2.75, 3.05) is 58.6 Å². The molecule has 0 aromatic heterocycles. The van der Waals surface area contributed by atoms with Crippen molar-refractivity contribution in [3.8, 4) is 0 Å². The number of unbranched alkanes of at least 4 members (excludes halogenated alkanes) is 3. The van der Waals surface area contributed by atoms with E-state index in [4.69, 9.17) is 9.47 Å². The molecule has 0 atom stereocenters. The van der Waals surface area contributed by atoms with E-state index in [1.807, 2.05) is 51.3 Å². The van der Waals surface area contributed by atoms with Crippen molar-refractivity contribution in [1.82, 2.24) is 20.4 Å². The summed E-state index contributed by atoms with van der Waals surface area (Å²) in [5.41, 5.74) is -1.04. The maximum absolute atomic E-state index is 12.8. The van der Waals surface area contributed by atoms with E-state index in [9.17, 15) is 9.59 Å². The summed E-state index contributed by atoms with van der Waals surface area (Å²) < 4.78 is 11.3. The van der Waals surface area contributed by atoms with Crippen molar-refractivity contribution < 1.29 is 19.1 Å². The predicted molar refractivity (Wildman–Crippen MR) is 165 cm³/mol. The first-order chi connectivity index (χ1) is 17.9. The molecule has 0 heterocycles. The van der Waals surface area contributed by atoms with Gasteiger partial charge in [-0.1, -0.05) is 26.7 Å². The highest BCUT2D eigenvalue weighted by molar-refractivity contribution is 7.79. The first-order valence-electron chi connectivity index (χ1n) is 14.7. The average molecular weight is 563 g/mol. The molecule has 0 bridgehead atoms. The fourth-order valence-electron chi connectivity index (χ4n) is 3.49. The second-order valence-electron chi connectivity index (χ2n) is 11.6. The van der Waals surface area contributed by atoms with Crippen molar-refractivity contribution >= 4 is 24.8 Å². The molecule has 0 radical (unpaired) electrons. The minimum Gasteiger partial charge on any atom is -0.444 e. The number of thiol groups is 1. The van der Waals surface area contributed by atoms with Gasteiger partial charge in [-0.3, -0.25) is 0 Å². The smallest absolute Gasteiger partial charge is 0.410 e. The Morgan fingerprint density at radius 1 is 0.579 bits per heavy atom. The zero-order chi connectivity index (χ0) is 29.5. The van der Waals surface area contributed by atoms with Crippen LogP contribution in [0, 0.1) is 0 Å². The molecule has 2 amide bonds. The number of carbonyl (C=O) groups is 2. The van der Waals surface area contributed by atoms with E-state index in [1.54, 1.807) is 6.26 Å². The highest BCUT2D eigenvalue weighted by atomic mass is 32.1. The summed E-state index contributed by atoms with van der Waals surface area (Å²) in [6.07, 6.45) is 9.22. The molecule has 8 nitrogen and oxygen atoms in total. The molecular formula is C29H62N4O4S. The van der Waals surface area contributed by atoms with Gasteiger partial charge in [0.15, 0.2) is 0 Å². The molecule has 2 N–H and O–H groups in total. The molecule has 0 aliphatic rings. The lowest BCUT2D eigenvalue weighted by atomic mass is 10.2. The molecule has 0 aromatic rings. The number of hydrogen-bond donors (Lipinski definition) is 3. The van der Waals surface area contributed by atoms with Gasteiger partial charge in [0.25, 0.3) is 0 Å². The van der Waals surface area contributed by atoms with Crippen LogP contribution in [0.1, 0.15) is 107 Å². The highest BCUT2D eigenvalue weighted by Crippen LogP contribution is 2.13. The number of carbonyl (C=O) groups excluding carboxylic acids is 2. The maximum Gasteiger partial charge on any atom is 0.410 e. The summed E-state index contributed by atoms with van der Waals surface area (Å²) in [6.45, 7) is 22.1. The molecule has 0 aliphatic heterocycles. The lowest BCUT2D eigenvalue weighted by Crippen LogP contribution is -2.40. The van der Waals surface area contributed by atoms with Crippen molar-refractivity contribution in [1.29, 1.82) is 0 Å². The first-order valence-corrected chi connectivity index (χ1v) is 15.6. The Kier molecular flexibility index (Phi) is 24.3. The van der Waals surface area contributed by atoms with Crippen LogP contribution in [-0.4, -0.2) is 91.8 Å². The number of hydrogen-bond acceptors (Lipinski definition) is 7. The SMILES string of the molecule is CCCCNCCCN(CCCCN(CCCNCCCC)C(=O)OC(C)(C)C)C(=O)OC(C)(C)C.CS. The number of ether oxygens (including phenoxy) is 2. The van der Waals surface area contributed by atoms with Gasteiger partial charge in [-0.05, 0) is 113 Å². The van der Waals surface area contributed by atoms with Gasteiger partial charge in [-0.15, -0.1) is 0 Å². The fourth-order valence-corrected chi connectivity index (χ4v) is 3.49. The van der Waals surface area contributed by atoms with Gasteiger partial charge in [0.2, 0.25) is 0 Å². The van der Waals surface area contributed by atoms with E-state index in [1.165, 1.54) is 25.7 Å². The summed E-state index contributed by atoms with van der Waals surface area (Å²) in [6, 6.07) is 0. The van der Waals surface area contributed by atoms with E-state index in [0.717, 1.165) is 51.9 Å². The number of amides is 2. The molecule has 0 rings (SSSR count). The second kappa shape index (κ2) is 23.7. The molecule has 228 valence electrons. The fraction of sp³-hybridized carbons (Fsp3) is 0.931. The summed E-state index contributed by atoms with van der Waals surface area (Å²) in [5.74, 6) is 0. The molecule has 0 aromatic carbocycles. The monoisotopic (exact) mass is 562 g/mol. The Balaban J connectivity index is 0. The van der Waals surface area contributed by atoms with Crippen LogP contribution in [0.15, 0.2) is 0 Å². The standard InChI is InChI=1S/C28H58N4O4.CH4S/c1-9-11-17-29-19-15-23-31(25(33)35-27(3,4)5)21-13-14-22-32(26(34)36-28(6,7)8)24-16-20-30-18-12-10-2;1-2/h29-30H,9-24H2,1-8H3;2H,1H3. The zero-order valence-electron chi connectivity index (χ0n) is 26.3. The van der Waals surface area contributed by atoms with Crippen LogP contribution in [0.4, 0.5) is 9.59 Å². The Labute approximate surface area is 240 Å². The van der Waals surface area contributed by atoms with E-state index in [-0.39, 0.29) is 12.2 Å². The van der Waals surface area contributed by atoms with E-state index >= 15 is 0 Å². The van der Waals surface area contributed by atoms with Crippen molar-refractivity contribution in [2.45, 2.75) is 118 Å². The molecule has 0 spiro atoms. The quantitative estimate of drug-likeness (QED) is 0.126. The highest BCUT2D eigenvalue weighted by Gasteiger charge is 2.23. The lowest BCUT2D eigenvalue weighted by molar-refractivity contribution is 0.0208. The van der Waals surface area contributed by atoms with E-state index in [2.05, 4.69) is 37.1 Å². The van der Waals surface area contributed by atoms with Crippen molar-refractivity contribution in [2.24, 2.45) is 0 Å². The zero-order valence-corrected chi connectivity index (χ0v) is 27.2. The van der Waals surface area contributed by atoms with Crippen molar-refractivity contribution in [3.05, 3.63) is 0 Å². The van der Waals surface area contributed by atoms with Gasteiger partial charge in [-0.25, -0.2) is 9.59 Å². The largest absolute Gasteiger partial charge is 0.444 e. The van der Waals surface area contributed by atoms with Gasteiger partial charge < -0.3 is 29.9 Å². The average Bonchev–Trinajstić information content (AvgIpc) is 2.82. The number of nitrogens with one attached hydrogen (secondary N) is 2. The van der Waals surface area contributed by atoms with Crippen LogP contribution in [0.5, 0.6) is 0 Å².